The van der Waals surface area contributed by atoms with E-state index in [9.17, 15) is 0 Å². The van der Waals surface area contributed by atoms with E-state index >= 15 is 0 Å². The molecule has 0 atom stereocenters. The van der Waals surface area contributed by atoms with Crippen LogP contribution in [-0.4, -0.2) is 0 Å². The van der Waals surface area contributed by atoms with E-state index < -0.39 is 0 Å². The van der Waals surface area contributed by atoms with Crippen LogP contribution in [0.1, 0.15) is 27.1 Å². The number of thiophene rings is 1. The van der Waals surface area contributed by atoms with Crippen LogP contribution in [-0.2, 0) is 12.8 Å². The predicted molar refractivity (Wildman–Crippen MR) is 99.3 cm³/mol. The fraction of sp³-hybridized carbons (Fsp3) is 0.100. The SMILES string of the molecule is Brc1cccc(C=C2c3ccccc3CCc3sccc32)c1. The van der Waals surface area contributed by atoms with E-state index in [0.29, 0.717) is 0 Å². The van der Waals surface area contributed by atoms with Gasteiger partial charge in [0.25, 0.3) is 0 Å². The summed E-state index contributed by atoms with van der Waals surface area (Å²) < 4.78 is 1.12. The molecule has 22 heavy (non-hydrogen) atoms. The lowest BCUT2D eigenvalue weighted by Gasteiger charge is -2.10. The normalized spacial score (nSPS) is 15.2. The van der Waals surface area contributed by atoms with Crippen molar-refractivity contribution in [1.82, 2.24) is 0 Å². The third kappa shape index (κ3) is 2.57. The van der Waals surface area contributed by atoms with E-state index in [1.165, 1.54) is 32.7 Å². The first kappa shape index (κ1) is 14.0. The molecular formula is C20H15BrS. The predicted octanol–water partition coefficient (Wildman–Crippen LogP) is 6.20. The molecule has 0 N–H and O–H groups in total. The molecule has 4 rings (SSSR count). The zero-order valence-corrected chi connectivity index (χ0v) is 14.5. The van der Waals surface area contributed by atoms with Crippen molar-refractivity contribution in [3.8, 4) is 0 Å². The molecule has 0 radical (unpaired) electrons. The minimum Gasteiger partial charge on any atom is -0.148 e. The Hall–Kier alpha value is -1.64. The molecule has 0 bridgehead atoms. The van der Waals surface area contributed by atoms with Crippen LogP contribution in [0.15, 0.2) is 64.5 Å². The standard InChI is InChI=1S/C20H15BrS/c21-16-6-3-4-14(12-16)13-19-17-7-2-1-5-15(17)8-9-20-18(19)10-11-22-20/h1-7,10-13H,8-9H2. The van der Waals surface area contributed by atoms with Gasteiger partial charge in [-0.1, -0.05) is 52.3 Å². The van der Waals surface area contributed by atoms with Crippen molar-refractivity contribution < 1.29 is 0 Å². The Labute approximate surface area is 143 Å². The van der Waals surface area contributed by atoms with E-state index in [4.69, 9.17) is 0 Å². The highest BCUT2D eigenvalue weighted by atomic mass is 79.9. The molecule has 2 heteroatoms. The summed E-state index contributed by atoms with van der Waals surface area (Å²) in [6, 6.07) is 19.6. The molecule has 0 saturated carbocycles. The number of fused-ring (bicyclic) bond motifs is 2. The van der Waals surface area contributed by atoms with Gasteiger partial charge in [-0.2, -0.15) is 0 Å². The monoisotopic (exact) mass is 366 g/mol. The molecule has 0 spiro atoms. The number of benzene rings is 2. The fourth-order valence-corrected chi connectivity index (χ4v) is 4.40. The summed E-state index contributed by atoms with van der Waals surface area (Å²) in [4.78, 5) is 1.50. The summed E-state index contributed by atoms with van der Waals surface area (Å²) in [6.45, 7) is 0. The maximum absolute atomic E-state index is 3.57. The van der Waals surface area contributed by atoms with Gasteiger partial charge in [0, 0.05) is 9.35 Å². The molecule has 1 heterocycles. The molecule has 3 aromatic rings. The maximum atomic E-state index is 3.57. The van der Waals surface area contributed by atoms with Gasteiger partial charge in [0.05, 0.1) is 0 Å². The summed E-state index contributed by atoms with van der Waals surface area (Å²) in [7, 11) is 0. The van der Waals surface area contributed by atoms with Gasteiger partial charge in [0.15, 0.2) is 0 Å². The quantitative estimate of drug-likeness (QED) is 0.480. The number of hydrogen-bond donors (Lipinski definition) is 0. The summed E-state index contributed by atoms with van der Waals surface area (Å²) in [5.74, 6) is 0. The second-order valence-electron chi connectivity index (χ2n) is 5.53. The molecule has 1 aliphatic carbocycles. The van der Waals surface area contributed by atoms with Crippen molar-refractivity contribution in [2.75, 3.05) is 0 Å². The zero-order valence-electron chi connectivity index (χ0n) is 12.1. The first-order valence-corrected chi connectivity index (χ1v) is 9.11. The van der Waals surface area contributed by atoms with Crippen molar-refractivity contribution >= 4 is 38.9 Å². The highest BCUT2D eigenvalue weighted by Crippen LogP contribution is 2.37. The topological polar surface area (TPSA) is 0 Å². The van der Waals surface area contributed by atoms with Crippen LogP contribution in [0, 0.1) is 0 Å². The summed E-state index contributed by atoms with van der Waals surface area (Å²) in [5, 5.41) is 2.22. The lowest BCUT2D eigenvalue weighted by Crippen LogP contribution is -1.91. The van der Waals surface area contributed by atoms with E-state index in [0.717, 1.165) is 17.3 Å². The average Bonchev–Trinajstić information content (AvgIpc) is 2.94. The third-order valence-corrected chi connectivity index (χ3v) is 5.60. The van der Waals surface area contributed by atoms with Crippen LogP contribution in [0.4, 0.5) is 0 Å². The van der Waals surface area contributed by atoms with Crippen molar-refractivity contribution in [2.45, 2.75) is 12.8 Å². The fourth-order valence-electron chi connectivity index (χ4n) is 3.09. The maximum Gasteiger partial charge on any atom is 0.0181 e. The highest BCUT2D eigenvalue weighted by Gasteiger charge is 2.18. The highest BCUT2D eigenvalue weighted by molar-refractivity contribution is 9.10. The lowest BCUT2D eigenvalue weighted by atomic mass is 9.94. The molecule has 0 unspecified atom stereocenters. The first-order valence-electron chi connectivity index (χ1n) is 7.43. The van der Waals surface area contributed by atoms with Crippen LogP contribution in [0.3, 0.4) is 0 Å². The Morgan fingerprint density at radius 2 is 1.82 bits per heavy atom. The largest absolute Gasteiger partial charge is 0.148 e. The Bertz CT molecular complexity index is 857. The van der Waals surface area contributed by atoms with Crippen LogP contribution >= 0.6 is 27.3 Å². The molecular weight excluding hydrogens is 352 g/mol. The third-order valence-electron chi connectivity index (χ3n) is 4.12. The minimum atomic E-state index is 1.12. The molecule has 1 aromatic heterocycles. The average molecular weight is 367 g/mol. The van der Waals surface area contributed by atoms with E-state index in [1.54, 1.807) is 0 Å². The van der Waals surface area contributed by atoms with Gasteiger partial charge in [-0.15, -0.1) is 11.3 Å². The molecule has 0 nitrogen and oxygen atoms in total. The van der Waals surface area contributed by atoms with E-state index in [2.05, 4.69) is 82.0 Å². The van der Waals surface area contributed by atoms with Gasteiger partial charge in [-0.25, -0.2) is 0 Å². The van der Waals surface area contributed by atoms with Gasteiger partial charge in [-0.05, 0) is 70.3 Å². The number of halogens is 1. The van der Waals surface area contributed by atoms with Gasteiger partial charge >= 0.3 is 0 Å². The van der Waals surface area contributed by atoms with Crippen LogP contribution < -0.4 is 0 Å². The molecule has 0 saturated heterocycles. The second kappa shape index (κ2) is 5.86. The van der Waals surface area contributed by atoms with Crippen LogP contribution in [0.2, 0.25) is 0 Å². The van der Waals surface area contributed by atoms with Crippen molar-refractivity contribution in [1.29, 1.82) is 0 Å². The lowest BCUT2D eigenvalue weighted by molar-refractivity contribution is 0.985. The molecule has 0 aliphatic heterocycles. The number of rotatable bonds is 1. The molecule has 1 aliphatic rings. The summed E-state index contributed by atoms with van der Waals surface area (Å²) in [6.07, 6.45) is 4.58. The zero-order chi connectivity index (χ0) is 14.9. The molecule has 2 aromatic carbocycles. The summed E-state index contributed by atoms with van der Waals surface area (Å²) >= 11 is 5.45. The number of hydrogen-bond acceptors (Lipinski definition) is 1. The molecule has 108 valence electrons. The number of aryl methyl sites for hydroxylation is 2. The second-order valence-corrected chi connectivity index (χ2v) is 7.44. The molecule has 0 fully saturated rings. The van der Waals surface area contributed by atoms with E-state index in [-0.39, 0.29) is 0 Å². The van der Waals surface area contributed by atoms with Crippen molar-refractivity contribution in [3.05, 3.63) is 91.6 Å². The smallest absolute Gasteiger partial charge is 0.0181 e. The Kier molecular flexibility index (Phi) is 3.73. The van der Waals surface area contributed by atoms with Crippen molar-refractivity contribution in [2.24, 2.45) is 0 Å². The van der Waals surface area contributed by atoms with Crippen LogP contribution in [0.25, 0.3) is 11.6 Å². The van der Waals surface area contributed by atoms with Gasteiger partial charge in [-0.3, -0.25) is 0 Å². The Morgan fingerprint density at radius 1 is 0.909 bits per heavy atom. The van der Waals surface area contributed by atoms with Crippen LogP contribution in [0.5, 0.6) is 0 Å². The summed E-state index contributed by atoms with van der Waals surface area (Å²) in [5.41, 5.74) is 6.81. The van der Waals surface area contributed by atoms with Crippen molar-refractivity contribution in [3.63, 3.8) is 0 Å². The molecule has 0 amide bonds. The van der Waals surface area contributed by atoms with Gasteiger partial charge in [0.1, 0.15) is 0 Å². The Balaban J connectivity index is 1.95. The minimum absolute atomic E-state index is 1.12. The Morgan fingerprint density at radius 3 is 2.73 bits per heavy atom. The van der Waals surface area contributed by atoms with Gasteiger partial charge in [0.2, 0.25) is 0 Å². The van der Waals surface area contributed by atoms with Gasteiger partial charge < -0.3 is 0 Å². The van der Waals surface area contributed by atoms with E-state index in [1.807, 2.05) is 11.3 Å². The first-order chi connectivity index (χ1) is 10.8.